The fourth-order valence-electron chi connectivity index (χ4n) is 2.80. The number of halogens is 1. The second-order valence-corrected chi connectivity index (χ2v) is 5.63. The van der Waals surface area contributed by atoms with Gasteiger partial charge in [0.25, 0.3) is 6.01 Å². The van der Waals surface area contributed by atoms with Crippen molar-refractivity contribution in [2.45, 2.75) is 6.42 Å². The van der Waals surface area contributed by atoms with E-state index >= 15 is 0 Å². The molecule has 0 spiro atoms. The molecule has 0 amide bonds. The molecule has 6 heteroatoms. The van der Waals surface area contributed by atoms with E-state index in [0.717, 1.165) is 16.5 Å². The SMILES string of the molecule is O=C(O)Cc1ccc2nc(Nc3cccc4ccccc34)oc2c1F. The van der Waals surface area contributed by atoms with Crippen LogP contribution in [0.1, 0.15) is 5.56 Å². The molecule has 0 aliphatic carbocycles. The number of hydrogen-bond donors (Lipinski definition) is 2. The Hall–Kier alpha value is -3.41. The van der Waals surface area contributed by atoms with Gasteiger partial charge in [0.2, 0.25) is 0 Å². The molecule has 124 valence electrons. The Bertz CT molecular complexity index is 1100. The van der Waals surface area contributed by atoms with E-state index in [2.05, 4.69) is 10.3 Å². The van der Waals surface area contributed by atoms with Crippen molar-refractivity contribution in [2.24, 2.45) is 0 Å². The van der Waals surface area contributed by atoms with E-state index in [-0.39, 0.29) is 17.2 Å². The van der Waals surface area contributed by atoms with Crippen molar-refractivity contribution < 1.29 is 18.7 Å². The van der Waals surface area contributed by atoms with Crippen molar-refractivity contribution in [3.63, 3.8) is 0 Å². The number of carbonyl (C=O) groups is 1. The summed E-state index contributed by atoms with van der Waals surface area (Å²) >= 11 is 0. The molecule has 0 saturated carbocycles. The predicted octanol–water partition coefficient (Wildman–Crippen LogP) is 4.49. The van der Waals surface area contributed by atoms with Gasteiger partial charge >= 0.3 is 5.97 Å². The fraction of sp³-hybridized carbons (Fsp3) is 0.0526. The maximum Gasteiger partial charge on any atom is 0.307 e. The summed E-state index contributed by atoms with van der Waals surface area (Å²) < 4.78 is 19.9. The van der Waals surface area contributed by atoms with Crippen molar-refractivity contribution in [3.8, 4) is 0 Å². The highest BCUT2D eigenvalue weighted by atomic mass is 19.1. The van der Waals surface area contributed by atoms with Crippen LogP contribution in [0.5, 0.6) is 0 Å². The largest absolute Gasteiger partial charge is 0.481 e. The highest BCUT2D eigenvalue weighted by molar-refractivity contribution is 5.95. The molecular weight excluding hydrogens is 323 g/mol. The quantitative estimate of drug-likeness (QED) is 0.574. The van der Waals surface area contributed by atoms with E-state index in [1.165, 1.54) is 6.07 Å². The molecule has 0 saturated heterocycles. The normalized spacial score (nSPS) is 11.1. The molecule has 2 N–H and O–H groups in total. The zero-order valence-corrected chi connectivity index (χ0v) is 13.0. The lowest BCUT2D eigenvalue weighted by atomic mass is 10.1. The van der Waals surface area contributed by atoms with Gasteiger partial charge < -0.3 is 14.8 Å². The summed E-state index contributed by atoms with van der Waals surface area (Å²) in [4.78, 5) is 15.0. The van der Waals surface area contributed by atoms with Gasteiger partial charge in [-0.15, -0.1) is 0 Å². The van der Waals surface area contributed by atoms with Crippen LogP contribution in [0.3, 0.4) is 0 Å². The third kappa shape index (κ3) is 2.78. The number of carboxylic acid groups (broad SMARTS) is 1. The molecule has 0 aliphatic heterocycles. The van der Waals surface area contributed by atoms with Crippen molar-refractivity contribution in [3.05, 3.63) is 66.0 Å². The minimum absolute atomic E-state index is 0.0542. The van der Waals surface area contributed by atoms with Gasteiger partial charge in [-0.05, 0) is 17.5 Å². The first-order valence-corrected chi connectivity index (χ1v) is 7.66. The van der Waals surface area contributed by atoms with Crippen LogP contribution in [0.4, 0.5) is 16.1 Å². The number of aromatic nitrogens is 1. The number of carboxylic acids is 1. The number of nitrogens with zero attached hydrogens (tertiary/aromatic N) is 1. The Morgan fingerprint density at radius 1 is 1.12 bits per heavy atom. The topological polar surface area (TPSA) is 75.4 Å². The van der Waals surface area contributed by atoms with Crippen molar-refractivity contribution in [1.29, 1.82) is 0 Å². The predicted molar refractivity (Wildman–Crippen MR) is 92.5 cm³/mol. The summed E-state index contributed by atoms with van der Waals surface area (Å²) in [6.07, 6.45) is -0.408. The van der Waals surface area contributed by atoms with Crippen LogP contribution in [0.25, 0.3) is 21.9 Å². The Labute approximate surface area is 141 Å². The number of aliphatic carboxylic acids is 1. The van der Waals surface area contributed by atoms with Crippen LogP contribution in [0.2, 0.25) is 0 Å². The van der Waals surface area contributed by atoms with E-state index in [9.17, 15) is 9.18 Å². The second-order valence-electron chi connectivity index (χ2n) is 5.63. The molecule has 0 aliphatic rings. The molecule has 3 aromatic carbocycles. The molecule has 1 heterocycles. The number of oxazole rings is 1. The third-order valence-electron chi connectivity index (χ3n) is 3.95. The summed E-state index contributed by atoms with van der Waals surface area (Å²) in [5.74, 6) is -1.80. The van der Waals surface area contributed by atoms with Gasteiger partial charge in [0, 0.05) is 10.9 Å². The average Bonchev–Trinajstić information content (AvgIpc) is 3.01. The fourth-order valence-corrected chi connectivity index (χ4v) is 2.80. The summed E-state index contributed by atoms with van der Waals surface area (Å²) in [6, 6.07) is 16.7. The maximum absolute atomic E-state index is 14.4. The number of fused-ring (bicyclic) bond motifs is 2. The minimum atomic E-state index is -1.10. The molecule has 0 bridgehead atoms. The van der Waals surface area contributed by atoms with E-state index in [0.29, 0.717) is 5.52 Å². The number of benzene rings is 3. The maximum atomic E-state index is 14.4. The molecule has 25 heavy (non-hydrogen) atoms. The van der Waals surface area contributed by atoms with Crippen LogP contribution in [0, 0.1) is 5.82 Å². The first kappa shape index (κ1) is 15.1. The first-order chi connectivity index (χ1) is 12.1. The summed E-state index contributed by atoms with van der Waals surface area (Å²) in [5.41, 5.74) is 1.12. The standard InChI is InChI=1S/C19H13FN2O3/c20-17-12(10-16(23)24)8-9-15-18(17)25-19(22-15)21-14-7-3-5-11-4-1-2-6-13(11)14/h1-9H,10H2,(H,21,22)(H,23,24). The van der Waals surface area contributed by atoms with Gasteiger partial charge in [0.05, 0.1) is 12.1 Å². The smallest absolute Gasteiger partial charge is 0.307 e. The summed E-state index contributed by atoms with van der Waals surface area (Å²) in [5, 5.41) is 13.9. The van der Waals surface area contributed by atoms with Crippen molar-refractivity contribution in [1.82, 2.24) is 4.98 Å². The van der Waals surface area contributed by atoms with E-state index in [1.807, 2.05) is 42.5 Å². The van der Waals surface area contributed by atoms with Gasteiger partial charge in [0.1, 0.15) is 5.52 Å². The molecule has 4 rings (SSSR count). The molecule has 4 aromatic rings. The Kier molecular flexibility index (Phi) is 3.57. The first-order valence-electron chi connectivity index (χ1n) is 7.66. The van der Waals surface area contributed by atoms with Crippen molar-refractivity contribution >= 4 is 39.5 Å². The number of nitrogens with one attached hydrogen (secondary N) is 1. The van der Waals surface area contributed by atoms with E-state index in [1.54, 1.807) is 6.07 Å². The highest BCUT2D eigenvalue weighted by Crippen LogP contribution is 2.29. The molecule has 0 fully saturated rings. The van der Waals surface area contributed by atoms with Crippen LogP contribution >= 0.6 is 0 Å². The van der Waals surface area contributed by atoms with Crippen molar-refractivity contribution in [2.75, 3.05) is 5.32 Å². The molecular formula is C19H13FN2O3. The lowest BCUT2D eigenvalue weighted by Crippen LogP contribution is -2.02. The van der Waals surface area contributed by atoms with E-state index in [4.69, 9.17) is 9.52 Å². The zero-order valence-electron chi connectivity index (χ0n) is 13.0. The van der Waals surface area contributed by atoms with Crippen LogP contribution in [-0.4, -0.2) is 16.1 Å². The van der Waals surface area contributed by atoms with Gasteiger partial charge in [-0.25, -0.2) is 4.39 Å². The molecule has 5 nitrogen and oxygen atoms in total. The summed E-state index contributed by atoms with van der Waals surface area (Å²) in [6.45, 7) is 0. The molecule has 1 aromatic heterocycles. The molecule has 0 radical (unpaired) electrons. The molecule has 0 unspecified atom stereocenters. The van der Waals surface area contributed by atoms with Gasteiger partial charge in [-0.2, -0.15) is 4.98 Å². The lowest BCUT2D eigenvalue weighted by molar-refractivity contribution is -0.136. The number of rotatable bonds is 4. The lowest BCUT2D eigenvalue weighted by Gasteiger charge is -2.06. The number of anilines is 2. The minimum Gasteiger partial charge on any atom is -0.481 e. The Balaban J connectivity index is 1.74. The van der Waals surface area contributed by atoms with Crippen LogP contribution in [0.15, 0.2) is 59.0 Å². The monoisotopic (exact) mass is 336 g/mol. The van der Waals surface area contributed by atoms with E-state index < -0.39 is 18.2 Å². The van der Waals surface area contributed by atoms with Crippen LogP contribution in [-0.2, 0) is 11.2 Å². The molecule has 0 atom stereocenters. The second kappa shape index (κ2) is 5.90. The summed E-state index contributed by atoms with van der Waals surface area (Å²) in [7, 11) is 0. The van der Waals surface area contributed by atoms with Gasteiger partial charge in [-0.3, -0.25) is 4.79 Å². The average molecular weight is 336 g/mol. The number of hydrogen-bond acceptors (Lipinski definition) is 4. The van der Waals surface area contributed by atoms with Gasteiger partial charge in [0.15, 0.2) is 11.4 Å². The van der Waals surface area contributed by atoms with Crippen LogP contribution < -0.4 is 5.32 Å². The highest BCUT2D eigenvalue weighted by Gasteiger charge is 2.16. The Morgan fingerprint density at radius 2 is 1.92 bits per heavy atom. The Morgan fingerprint density at radius 3 is 2.76 bits per heavy atom. The van der Waals surface area contributed by atoms with Gasteiger partial charge in [-0.1, -0.05) is 42.5 Å². The zero-order chi connectivity index (χ0) is 17.4. The third-order valence-corrected chi connectivity index (χ3v) is 3.95.